The van der Waals surface area contributed by atoms with E-state index in [0.717, 1.165) is 22.5 Å². The second-order valence-corrected chi connectivity index (χ2v) is 8.42. The van der Waals surface area contributed by atoms with Crippen LogP contribution in [-0.2, 0) is 13.6 Å². The molecule has 0 aliphatic rings. The van der Waals surface area contributed by atoms with Gasteiger partial charge in [-0.05, 0) is 38.0 Å². The number of aryl methyl sites for hydroxylation is 4. The van der Waals surface area contributed by atoms with Gasteiger partial charge in [-0.15, -0.1) is 0 Å². The van der Waals surface area contributed by atoms with E-state index in [1.165, 1.54) is 14.7 Å². The topological polar surface area (TPSA) is 66.2 Å². The third kappa shape index (κ3) is 3.33. The number of aromatic nitrogens is 5. The lowest BCUT2D eigenvalue weighted by Crippen LogP contribution is -2.39. The first kappa shape index (κ1) is 20.8. The zero-order valence-corrected chi connectivity index (χ0v) is 19.1. The lowest BCUT2D eigenvalue weighted by atomic mass is 10.1. The van der Waals surface area contributed by atoms with E-state index in [9.17, 15) is 9.59 Å². The summed E-state index contributed by atoms with van der Waals surface area (Å²) in [6.45, 7) is 6.29. The maximum Gasteiger partial charge on any atom is 0.332 e. The van der Waals surface area contributed by atoms with Crippen molar-refractivity contribution < 1.29 is 0 Å². The molecule has 33 heavy (non-hydrogen) atoms. The summed E-state index contributed by atoms with van der Waals surface area (Å²) in [7, 11) is 1.66. The van der Waals surface area contributed by atoms with Crippen molar-refractivity contribution in [1.29, 1.82) is 0 Å². The van der Waals surface area contributed by atoms with E-state index in [0.29, 0.717) is 16.9 Å². The molecule has 0 unspecified atom stereocenters. The van der Waals surface area contributed by atoms with Gasteiger partial charge in [0, 0.05) is 25.5 Å². The monoisotopic (exact) mass is 439 g/mol. The minimum Gasteiger partial charge on any atom is -0.283 e. The van der Waals surface area contributed by atoms with Crippen LogP contribution in [0.3, 0.4) is 0 Å². The van der Waals surface area contributed by atoms with Crippen molar-refractivity contribution in [3.8, 4) is 5.69 Å². The van der Waals surface area contributed by atoms with Crippen molar-refractivity contribution in [2.45, 2.75) is 27.3 Å². The van der Waals surface area contributed by atoms with Gasteiger partial charge >= 0.3 is 5.69 Å². The number of benzene rings is 2. The average Bonchev–Trinajstić information content (AvgIpc) is 3.30. The Bertz CT molecular complexity index is 1660. The molecule has 7 nitrogen and oxygen atoms in total. The molecule has 0 saturated heterocycles. The van der Waals surface area contributed by atoms with E-state index >= 15 is 0 Å². The molecule has 2 aromatic carbocycles. The van der Waals surface area contributed by atoms with Crippen LogP contribution in [0.15, 0.2) is 70.4 Å². The summed E-state index contributed by atoms with van der Waals surface area (Å²) in [4.78, 5) is 31.2. The maximum atomic E-state index is 13.4. The number of imidazole rings is 2. The molecule has 0 N–H and O–H groups in total. The van der Waals surface area contributed by atoms with E-state index in [1.807, 2.05) is 60.2 Å². The Morgan fingerprint density at radius 3 is 2.48 bits per heavy atom. The van der Waals surface area contributed by atoms with Gasteiger partial charge in [0.2, 0.25) is 5.78 Å². The highest BCUT2D eigenvalue weighted by atomic mass is 16.2. The Balaban J connectivity index is 1.70. The minimum absolute atomic E-state index is 0.181. The van der Waals surface area contributed by atoms with Crippen LogP contribution in [0.2, 0.25) is 0 Å². The molecular weight excluding hydrogens is 414 g/mol. The van der Waals surface area contributed by atoms with Crippen LogP contribution >= 0.6 is 0 Å². The number of hydrogen-bond acceptors (Lipinski definition) is 3. The fourth-order valence-electron chi connectivity index (χ4n) is 4.38. The summed E-state index contributed by atoms with van der Waals surface area (Å²) < 4.78 is 6.52. The fraction of sp³-hybridized carbons (Fsp3) is 0.192. The smallest absolute Gasteiger partial charge is 0.283 e. The van der Waals surface area contributed by atoms with Crippen molar-refractivity contribution in [2.75, 3.05) is 0 Å². The molecule has 0 atom stereocenters. The van der Waals surface area contributed by atoms with Gasteiger partial charge in [-0.3, -0.25) is 22.9 Å². The highest BCUT2D eigenvalue weighted by Crippen LogP contribution is 2.23. The second kappa shape index (κ2) is 7.78. The Labute approximate surface area is 190 Å². The highest BCUT2D eigenvalue weighted by Gasteiger charge is 2.21. The number of fused-ring (bicyclic) bond motifs is 3. The van der Waals surface area contributed by atoms with Crippen LogP contribution in [0.25, 0.3) is 28.7 Å². The molecule has 7 heteroatoms. The van der Waals surface area contributed by atoms with Crippen LogP contribution in [0, 0.1) is 20.8 Å². The molecule has 0 fully saturated rings. The van der Waals surface area contributed by atoms with Gasteiger partial charge in [0.05, 0.1) is 5.69 Å². The fourth-order valence-corrected chi connectivity index (χ4v) is 4.38. The molecule has 0 spiro atoms. The number of rotatable bonds is 4. The molecule has 0 amide bonds. The van der Waals surface area contributed by atoms with E-state index in [1.54, 1.807) is 11.4 Å². The summed E-state index contributed by atoms with van der Waals surface area (Å²) in [6, 6.07) is 16.0. The summed E-state index contributed by atoms with van der Waals surface area (Å²) in [5.74, 6) is 0.610. The number of allylic oxidation sites excluding steroid dienone is 1. The van der Waals surface area contributed by atoms with Crippen molar-refractivity contribution in [2.24, 2.45) is 7.05 Å². The SMILES string of the molecule is Cc1ccc(-n2c(C)cn3c4c(=O)n(C/C=C/c5ccccc5)c(=O)n(C)c4nc23)c(C)c1. The Morgan fingerprint density at radius 2 is 1.76 bits per heavy atom. The van der Waals surface area contributed by atoms with E-state index in [4.69, 9.17) is 4.98 Å². The summed E-state index contributed by atoms with van der Waals surface area (Å²) >= 11 is 0. The number of hydrogen-bond donors (Lipinski definition) is 0. The first-order valence-electron chi connectivity index (χ1n) is 10.9. The molecular formula is C26H25N5O2. The summed E-state index contributed by atoms with van der Waals surface area (Å²) in [6.07, 6.45) is 5.64. The van der Waals surface area contributed by atoms with Gasteiger partial charge in [0.25, 0.3) is 5.56 Å². The lowest BCUT2D eigenvalue weighted by molar-refractivity contribution is 0.667. The maximum absolute atomic E-state index is 13.4. The predicted molar refractivity (Wildman–Crippen MR) is 131 cm³/mol. The molecule has 5 aromatic rings. The molecule has 0 aliphatic carbocycles. The number of nitrogens with zero attached hydrogens (tertiary/aromatic N) is 5. The van der Waals surface area contributed by atoms with Crippen molar-refractivity contribution in [3.05, 3.63) is 104 Å². The third-order valence-electron chi connectivity index (χ3n) is 6.02. The normalized spacial score (nSPS) is 11.9. The highest BCUT2D eigenvalue weighted by molar-refractivity contribution is 5.76. The lowest BCUT2D eigenvalue weighted by Gasteiger charge is -2.10. The van der Waals surface area contributed by atoms with Crippen LogP contribution in [0.5, 0.6) is 0 Å². The molecule has 5 rings (SSSR count). The molecule has 0 bridgehead atoms. The van der Waals surface area contributed by atoms with Crippen LogP contribution in [-0.4, -0.2) is 23.1 Å². The van der Waals surface area contributed by atoms with E-state index in [2.05, 4.69) is 32.0 Å². The third-order valence-corrected chi connectivity index (χ3v) is 6.02. The van der Waals surface area contributed by atoms with Gasteiger partial charge in [-0.25, -0.2) is 4.79 Å². The van der Waals surface area contributed by atoms with Crippen molar-refractivity contribution in [1.82, 2.24) is 23.1 Å². The van der Waals surface area contributed by atoms with Crippen LogP contribution in [0.4, 0.5) is 0 Å². The standard InChI is InChI=1S/C26H25N5O2/c1-17-12-13-21(18(2)15-17)31-19(3)16-30-22-23(27-25(30)31)28(4)26(33)29(24(22)32)14-8-11-20-9-6-5-7-10-20/h5-13,15-16H,14H2,1-4H3/b11-8+. The zero-order valence-electron chi connectivity index (χ0n) is 19.1. The summed E-state index contributed by atoms with van der Waals surface area (Å²) in [5.41, 5.74) is 5.29. The van der Waals surface area contributed by atoms with Gasteiger partial charge < -0.3 is 0 Å². The molecule has 0 saturated carbocycles. The molecule has 3 aromatic heterocycles. The van der Waals surface area contributed by atoms with Crippen molar-refractivity contribution in [3.63, 3.8) is 0 Å². The average molecular weight is 440 g/mol. The largest absolute Gasteiger partial charge is 0.332 e. The first-order valence-corrected chi connectivity index (χ1v) is 10.9. The Morgan fingerprint density at radius 1 is 1.00 bits per heavy atom. The predicted octanol–water partition coefficient (Wildman–Crippen LogP) is 3.78. The van der Waals surface area contributed by atoms with E-state index < -0.39 is 0 Å². The molecule has 0 radical (unpaired) electrons. The van der Waals surface area contributed by atoms with Crippen molar-refractivity contribution >= 4 is 23.0 Å². The van der Waals surface area contributed by atoms with Gasteiger partial charge in [-0.1, -0.05) is 60.2 Å². The Hall–Kier alpha value is -4.13. The van der Waals surface area contributed by atoms with Gasteiger partial charge in [-0.2, -0.15) is 4.98 Å². The van der Waals surface area contributed by atoms with E-state index in [-0.39, 0.29) is 17.8 Å². The van der Waals surface area contributed by atoms with Crippen LogP contribution in [0.1, 0.15) is 22.4 Å². The van der Waals surface area contributed by atoms with Gasteiger partial charge in [0.1, 0.15) is 0 Å². The summed E-state index contributed by atoms with van der Waals surface area (Å²) in [5, 5.41) is 0. The van der Waals surface area contributed by atoms with Crippen LogP contribution < -0.4 is 11.2 Å². The molecule has 0 aliphatic heterocycles. The first-order chi connectivity index (χ1) is 15.9. The van der Waals surface area contributed by atoms with Gasteiger partial charge in [0.15, 0.2) is 11.2 Å². The zero-order chi connectivity index (χ0) is 23.3. The molecule has 3 heterocycles. The second-order valence-electron chi connectivity index (χ2n) is 8.42. The quantitative estimate of drug-likeness (QED) is 0.428. The molecule has 166 valence electrons. The minimum atomic E-state index is -0.388. The Kier molecular flexibility index (Phi) is 4.89.